The van der Waals surface area contributed by atoms with Gasteiger partial charge >= 0.3 is 6.09 Å². The van der Waals surface area contributed by atoms with Gasteiger partial charge in [0.1, 0.15) is 5.60 Å². The number of carbonyl (C=O) groups is 1. The molecule has 6 heteroatoms. The molecular weight excluding hydrogens is 268 g/mol. The number of nitrogens with two attached hydrogens (primary N) is 1. The van der Waals surface area contributed by atoms with Crippen LogP contribution in [0.1, 0.15) is 47.0 Å². The van der Waals surface area contributed by atoms with E-state index in [1.807, 2.05) is 20.8 Å². The van der Waals surface area contributed by atoms with Gasteiger partial charge in [-0.15, -0.1) is 0 Å². The summed E-state index contributed by atoms with van der Waals surface area (Å²) in [6, 6.07) is 0. The summed E-state index contributed by atoms with van der Waals surface area (Å²) < 4.78 is 5.42. The Balaban J connectivity index is 2.43. The average Bonchev–Trinajstić information content (AvgIpc) is 2.41. The van der Waals surface area contributed by atoms with E-state index in [4.69, 9.17) is 10.5 Å². The Hall–Kier alpha value is -1.46. The van der Waals surface area contributed by atoms with Crippen molar-refractivity contribution in [2.45, 2.75) is 52.6 Å². The summed E-state index contributed by atoms with van der Waals surface area (Å²) in [6.45, 7) is 10.7. The highest BCUT2D eigenvalue weighted by atomic mass is 16.6. The molecule has 1 aliphatic heterocycles. The molecule has 122 valence electrons. The van der Waals surface area contributed by atoms with Gasteiger partial charge in [0, 0.05) is 26.2 Å². The van der Waals surface area contributed by atoms with E-state index in [1.54, 1.807) is 4.90 Å². The quantitative estimate of drug-likeness (QED) is 0.614. The molecule has 0 bridgehead atoms. The van der Waals surface area contributed by atoms with Crippen LogP contribution < -0.4 is 11.1 Å². The molecule has 21 heavy (non-hydrogen) atoms. The summed E-state index contributed by atoms with van der Waals surface area (Å²) in [7, 11) is 0. The van der Waals surface area contributed by atoms with Crippen LogP contribution in [0, 0.1) is 5.92 Å². The number of aliphatic imine (C=N–C) groups is 1. The van der Waals surface area contributed by atoms with Crippen molar-refractivity contribution in [3.05, 3.63) is 0 Å². The van der Waals surface area contributed by atoms with Crippen LogP contribution in [0.5, 0.6) is 0 Å². The molecule has 0 aromatic carbocycles. The third-order valence-corrected chi connectivity index (χ3v) is 3.25. The predicted molar refractivity (Wildman–Crippen MR) is 85.3 cm³/mol. The lowest BCUT2D eigenvalue weighted by atomic mass is 9.98. The summed E-state index contributed by atoms with van der Waals surface area (Å²) in [6.07, 6.45) is 2.85. The molecule has 0 aromatic heterocycles. The molecular formula is C15H30N4O2. The average molecular weight is 298 g/mol. The van der Waals surface area contributed by atoms with Gasteiger partial charge < -0.3 is 20.7 Å². The van der Waals surface area contributed by atoms with E-state index in [0.717, 1.165) is 32.4 Å². The number of rotatable bonds is 4. The van der Waals surface area contributed by atoms with Gasteiger partial charge in [-0.1, -0.05) is 6.92 Å². The smallest absolute Gasteiger partial charge is 0.410 e. The molecule has 0 saturated carbocycles. The Kier molecular flexibility index (Phi) is 6.78. The largest absolute Gasteiger partial charge is 0.444 e. The minimum Gasteiger partial charge on any atom is -0.444 e. The molecule has 0 radical (unpaired) electrons. The van der Waals surface area contributed by atoms with Crippen molar-refractivity contribution in [3.8, 4) is 0 Å². The van der Waals surface area contributed by atoms with Crippen molar-refractivity contribution < 1.29 is 9.53 Å². The number of carbonyl (C=O) groups excluding carboxylic acids is 1. The Labute approximate surface area is 128 Å². The summed E-state index contributed by atoms with van der Waals surface area (Å²) >= 11 is 0. The van der Waals surface area contributed by atoms with Crippen LogP contribution in [0.15, 0.2) is 4.99 Å². The Morgan fingerprint density at radius 2 is 2.19 bits per heavy atom. The monoisotopic (exact) mass is 298 g/mol. The maximum atomic E-state index is 12.1. The van der Waals surface area contributed by atoms with Crippen LogP contribution in [0.4, 0.5) is 4.79 Å². The maximum absolute atomic E-state index is 12.1. The number of hydrogen-bond donors (Lipinski definition) is 2. The zero-order chi connectivity index (χ0) is 15.9. The molecule has 6 nitrogen and oxygen atoms in total. The van der Waals surface area contributed by atoms with Crippen molar-refractivity contribution in [2.24, 2.45) is 16.6 Å². The topological polar surface area (TPSA) is 80.0 Å². The van der Waals surface area contributed by atoms with Crippen molar-refractivity contribution in [1.29, 1.82) is 0 Å². The van der Waals surface area contributed by atoms with Crippen LogP contribution in [-0.2, 0) is 4.74 Å². The number of likely N-dealkylation sites (tertiary alicyclic amines) is 1. The Morgan fingerprint density at radius 1 is 1.48 bits per heavy atom. The molecule has 0 aromatic rings. The highest BCUT2D eigenvalue weighted by molar-refractivity contribution is 5.77. The van der Waals surface area contributed by atoms with E-state index in [2.05, 4.69) is 17.2 Å². The van der Waals surface area contributed by atoms with Crippen molar-refractivity contribution in [1.82, 2.24) is 10.2 Å². The molecule has 3 N–H and O–H groups in total. The molecule has 1 rings (SSSR count). The van der Waals surface area contributed by atoms with Gasteiger partial charge in [0.05, 0.1) is 0 Å². The number of guanidine groups is 1. The Morgan fingerprint density at radius 3 is 2.81 bits per heavy atom. The molecule has 1 heterocycles. The maximum Gasteiger partial charge on any atom is 0.410 e. The lowest BCUT2D eigenvalue weighted by Crippen LogP contribution is -2.43. The number of nitrogens with one attached hydrogen (secondary N) is 1. The third kappa shape index (κ3) is 7.20. The number of hydrogen-bond acceptors (Lipinski definition) is 3. The first-order chi connectivity index (χ1) is 9.81. The van der Waals surface area contributed by atoms with Crippen LogP contribution >= 0.6 is 0 Å². The predicted octanol–water partition coefficient (Wildman–Crippen LogP) is 1.95. The second-order valence-corrected chi connectivity index (χ2v) is 6.59. The molecule has 0 spiro atoms. The highest BCUT2D eigenvalue weighted by Gasteiger charge is 2.27. The van der Waals surface area contributed by atoms with E-state index in [0.29, 0.717) is 25.0 Å². The lowest BCUT2D eigenvalue weighted by Gasteiger charge is -2.33. The third-order valence-electron chi connectivity index (χ3n) is 3.25. The standard InChI is InChI=1S/C15H30N4O2/c1-5-8-17-13(16)18-10-12-7-6-9-19(11-12)14(20)21-15(2,3)4/h12H,5-11H2,1-4H3,(H3,16,17,18). The van der Waals surface area contributed by atoms with Gasteiger partial charge in [0.2, 0.25) is 0 Å². The van der Waals surface area contributed by atoms with Crippen LogP contribution in [0.25, 0.3) is 0 Å². The highest BCUT2D eigenvalue weighted by Crippen LogP contribution is 2.19. The molecule has 1 unspecified atom stereocenters. The van der Waals surface area contributed by atoms with E-state index in [1.165, 1.54) is 0 Å². The van der Waals surface area contributed by atoms with Crippen molar-refractivity contribution >= 4 is 12.1 Å². The fourth-order valence-electron chi connectivity index (χ4n) is 2.24. The first kappa shape index (κ1) is 17.6. The van der Waals surface area contributed by atoms with Gasteiger partial charge in [0.25, 0.3) is 0 Å². The van der Waals surface area contributed by atoms with Gasteiger partial charge in [-0.3, -0.25) is 4.99 Å². The number of amides is 1. The molecule has 1 saturated heterocycles. The number of nitrogens with zero attached hydrogens (tertiary/aromatic N) is 2. The normalized spacial score (nSPS) is 20.3. The molecule has 1 atom stereocenters. The van der Waals surface area contributed by atoms with Crippen molar-refractivity contribution in [2.75, 3.05) is 26.2 Å². The summed E-state index contributed by atoms with van der Waals surface area (Å²) in [4.78, 5) is 18.2. The second-order valence-electron chi connectivity index (χ2n) is 6.59. The first-order valence-electron chi connectivity index (χ1n) is 7.83. The lowest BCUT2D eigenvalue weighted by molar-refractivity contribution is 0.0171. The fraction of sp³-hybridized carbons (Fsp3) is 0.867. The SMILES string of the molecule is CCCNC(N)=NCC1CCCN(C(=O)OC(C)(C)C)C1. The molecule has 1 aliphatic rings. The van der Waals surface area contributed by atoms with Crippen molar-refractivity contribution in [3.63, 3.8) is 0 Å². The van der Waals surface area contributed by atoms with E-state index in [-0.39, 0.29) is 6.09 Å². The van der Waals surface area contributed by atoms with E-state index < -0.39 is 5.60 Å². The second kappa shape index (κ2) is 8.10. The number of ether oxygens (including phenoxy) is 1. The zero-order valence-electron chi connectivity index (χ0n) is 13.8. The van der Waals surface area contributed by atoms with E-state index >= 15 is 0 Å². The fourth-order valence-corrected chi connectivity index (χ4v) is 2.24. The van der Waals surface area contributed by atoms with Gasteiger partial charge in [-0.25, -0.2) is 4.79 Å². The van der Waals surface area contributed by atoms with E-state index in [9.17, 15) is 4.79 Å². The van der Waals surface area contributed by atoms with Gasteiger partial charge in [0.15, 0.2) is 5.96 Å². The molecule has 1 amide bonds. The first-order valence-corrected chi connectivity index (χ1v) is 7.83. The van der Waals surface area contributed by atoms with Crippen LogP contribution in [0.2, 0.25) is 0 Å². The molecule has 0 aliphatic carbocycles. The summed E-state index contributed by atoms with van der Waals surface area (Å²) in [5.41, 5.74) is 5.34. The number of piperidine rings is 1. The van der Waals surface area contributed by atoms with Crippen LogP contribution in [0.3, 0.4) is 0 Å². The molecule has 1 fully saturated rings. The minimum atomic E-state index is -0.448. The summed E-state index contributed by atoms with van der Waals surface area (Å²) in [5, 5.41) is 3.06. The Bertz CT molecular complexity index is 363. The summed E-state index contributed by atoms with van der Waals surface area (Å²) in [5.74, 6) is 0.847. The van der Waals surface area contributed by atoms with Gasteiger partial charge in [-0.05, 0) is 46.0 Å². The minimum absolute atomic E-state index is 0.228. The zero-order valence-corrected chi connectivity index (χ0v) is 13.8. The van der Waals surface area contributed by atoms with Gasteiger partial charge in [-0.2, -0.15) is 0 Å². The van der Waals surface area contributed by atoms with Crippen LogP contribution in [-0.4, -0.2) is 48.7 Å².